The Morgan fingerprint density at radius 2 is 1.62 bits per heavy atom. The molecule has 0 saturated carbocycles. The Balaban J connectivity index is 1.60. The molecular formula is C19H20N2S3. The van der Waals surface area contributed by atoms with Crippen molar-refractivity contribution in [1.82, 2.24) is 10.2 Å². The lowest BCUT2D eigenvalue weighted by atomic mass is 10.2. The van der Waals surface area contributed by atoms with Gasteiger partial charge in [0.15, 0.2) is 5.11 Å². The zero-order valence-corrected chi connectivity index (χ0v) is 15.8. The van der Waals surface area contributed by atoms with Gasteiger partial charge in [0.1, 0.15) is 0 Å². The van der Waals surface area contributed by atoms with Crippen LogP contribution in [0.2, 0.25) is 0 Å². The second kappa shape index (κ2) is 8.97. The van der Waals surface area contributed by atoms with Gasteiger partial charge < -0.3 is 10.2 Å². The third-order valence-electron chi connectivity index (χ3n) is 3.71. The average molecular weight is 373 g/mol. The van der Waals surface area contributed by atoms with Gasteiger partial charge in [0, 0.05) is 22.8 Å². The molecule has 0 aliphatic heterocycles. The monoisotopic (exact) mass is 372 g/mol. The SMILES string of the molecule is S=C(NCc1ccccc1)N(CCc1cccs1)Cc1cccs1. The summed E-state index contributed by atoms with van der Waals surface area (Å²) in [5.74, 6) is 0. The van der Waals surface area contributed by atoms with Gasteiger partial charge in [-0.05, 0) is 47.1 Å². The largest absolute Gasteiger partial charge is 0.358 e. The second-order valence-corrected chi connectivity index (χ2v) is 7.93. The summed E-state index contributed by atoms with van der Waals surface area (Å²) in [5, 5.41) is 8.48. The van der Waals surface area contributed by atoms with Gasteiger partial charge in [-0.25, -0.2) is 0 Å². The number of benzene rings is 1. The van der Waals surface area contributed by atoms with Gasteiger partial charge in [-0.2, -0.15) is 0 Å². The number of thiocarbonyl (C=S) groups is 1. The van der Waals surface area contributed by atoms with Crippen molar-refractivity contribution < 1.29 is 0 Å². The Morgan fingerprint density at radius 3 is 2.29 bits per heavy atom. The Morgan fingerprint density at radius 1 is 0.917 bits per heavy atom. The van der Waals surface area contributed by atoms with Crippen LogP contribution in [0.3, 0.4) is 0 Å². The van der Waals surface area contributed by atoms with Crippen molar-refractivity contribution in [2.75, 3.05) is 6.54 Å². The molecule has 0 amide bonds. The van der Waals surface area contributed by atoms with E-state index in [0.29, 0.717) is 0 Å². The predicted octanol–water partition coefficient (Wildman–Crippen LogP) is 4.93. The number of rotatable bonds is 7. The van der Waals surface area contributed by atoms with Crippen LogP contribution in [-0.4, -0.2) is 16.6 Å². The van der Waals surface area contributed by atoms with Crippen LogP contribution in [0.1, 0.15) is 15.3 Å². The Hall–Kier alpha value is -1.69. The number of hydrogen-bond acceptors (Lipinski definition) is 3. The van der Waals surface area contributed by atoms with Crippen LogP contribution >= 0.6 is 34.9 Å². The maximum Gasteiger partial charge on any atom is 0.169 e. The van der Waals surface area contributed by atoms with E-state index in [1.54, 1.807) is 11.3 Å². The molecule has 124 valence electrons. The van der Waals surface area contributed by atoms with E-state index >= 15 is 0 Å². The molecule has 0 saturated heterocycles. The molecule has 2 heterocycles. The topological polar surface area (TPSA) is 15.3 Å². The van der Waals surface area contributed by atoms with Gasteiger partial charge in [0.2, 0.25) is 0 Å². The Kier molecular flexibility index (Phi) is 6.41. The van der Waals surface area contributed by atoms with Crippen LogP contribution in [0, 0.1) is 0 Å². The summed E-state index contributed by atoms with van der Waals surface area (Å²) in [6, 6.07) is 18.9. The van der Waals surface area contributed by atoms with Crippen LogP contribution < -0.4 is 5.32 Å². The highest BCUT2D eigenvalue weighted by atomic mass is 32.1. The second-order valence-electron chi connectivity index (χ2n) is 5.47. The number of nitrogens with zero attached hydrogens (tertiary/aromatic N) is 1. The summed E-state index contributed by atoms with van der Waals surface area (Å²) < 4.78 is 0. The summed E-state index contributed by atoms with van der Waals surface area (Å²) in [6.45, 7) is 2.56. The number of nitrogens with one attached hydrogen (secondary N) is 1. The van der Waals surface area contributed by atoms with Crippen molar-refractivity contribution >= 4 is 40.0 Å². The minimum atomic E-state index is 0.764. The zero-order chi connectivity index (χ0) is 16.6. The van der Waals surface area contributed by atoms with Gasteiger partial charge in [0.25, 0.3) is 0 Å². The number of hydrogen-bond donors (Lipinski definition) is 1. The van der Waals surface area contributed by atoms with Gasteiger partial charge in [-0.3, -0.25) is 0 Å². The Labute approximate surface area is 156 Å². The summed E-state index contributed by atoms with van der Waals surface area (Å²) in [7, 11) is 0. The highest BCUT2D eigenvalue weighted by Crippen LogP contribution is 2.15. The van der Waals surface area contributed by atoms with Gasteiger partial charge in [-0.1, -0.05) is 42.5 Å². The van der Waals surface area contributed by atoms with E-state index < -0.39 is 0 Å². The molecule has 0 atom stereocenters. The fourth-order valence-corrected chi connectivity index (χ4v) is 4.07. The molecule has 2 aromatic heterocycles. The molecule has 0 radical (unpaired) electrons. The Bertz CT molecular complexity index is 721. The van der Waals surface area contributed by atoms with Crippen molar-refractivity contribution in [3.05, 3.63) is 80.7 Å². The molecule has 2 nitrogen and oxygen atoms in total. The average Bonchev–Trinajstić information content (AvgIpc) is 3.31. The molecule has 0 aliphatic rings. The molecule has 0 aliphatic carbocycles. The first kappa shape index (κ1) is 17.1. The van der Waals surface area contributed by atoms with Crippen molar-refractivity contribution in [3.63, 3.8) is 0 Å². The zero-order valence-electron chi connectivity index (χ0n) is 13.4. The predicted molar refractivity (Wildman–Crippen MR) is 109 cm³/mol. The molecule has 0 spiro atoms. The fraction of sp³-hybridized carbons (Fsp3) is 0.211. The lowest BCUT2D eigenvalue weighted by Gasteiger charge is -2.25. The molecule has 0 unspecified atom stereocenters. The third kappa shape index (κ3) is 5.16. The van der Waals surface area contributed by atoms with Crippen LogP contribution in [0.5, 0.6) is 0 Å². The van der Waals surface area contributed by atoms with Crippen molar-refractivity contribution in [2.45, 2.75) is 19.5 Å². The van der Waals surface area contributed by atoms with Crippen LogP contribution in [0.25, 0.3) is 0 Å². The maximum absolute atomic E-state index is 5.67. The van der Waals surface area contributed by atoms with E-state index in [1.165, 1.54) is 15.3 Å². The summed E-state index contributed by atoms with van der Waals surface area (Å²) in [4.78, 5) is 5.01. The normalized spacial score (nSPS) is 10.5. The highest BCUT2D eigenvalue weighted by Gasteiger charge is 2.11. The van der Waals surface area contributed by atoms with Crippen LogP contribution in [-0.2, 0) is 19.5 Å². The summed E-state index contributed by atoms with van der Waals surface area (Å²) in [6.07, 6.45) is 1.02. The molecule has 0 fully saturated rings. The first-order chi connectivity index (χ1) is 11.8. The molecule has 1 N–H and O–H groups in total. The van der Waals surface area contributed by atoms with Crippen molar-refractivity contribution in [3.8, 4) is 0 Å². The lowest BCUT2D eigenvalue weighted by Crippen LogP contribution is -2.39. The van der Waals surface area contributed by atoms with E-state index in [1.807, 2.05) is 17.4 Å². The minimum Gasteiger partial charge on any atom is -0.358 e. The van der Waals surface area contributed by atoms with Crippen molar-refractivity contribution in [2.24, 2.45) is 0 Å². The lowest BCUT2D eigenvalue weighted by molar-refractivity contribution is 0.413. The van der Waals surface area contributed by atoms with Gasteiger partial charge >= 0.3 is 0 Å². The summed E-state index contributed by atoms with van der Waals surface area (Å²) >= 11 is 9.25. The number of thiophene rings is 2. The molecular weight excluding hydrogens is 352 g/mol. The van der Waals surface area contributed by atoms with Crippen molar-refractivity contribution in [1.29, 1.82) is 0 Å². The van der Waals surface area contributed by atoms with Crippen LogP contribution in [0.15, 0.2) is 65.4 Å². The van der Waals surface area contributed by atoms with E-state index in [2.05, 4.69) is 69.5 Å². The first-order valence-electron chi connectivity index (χ1n) is 7.93. The van der Waals surface area contributed by atoms with Gasteiger partial charge in [-0.15, -0.1) is 22.7 Å². The maximum atomic E-state index is 5.67. The highest BCUT2D eigenvalue weighted by molar-refractivity contribution is 7.80. The van der Waals surface area contributed by atoms with E-state index in [0.717, 1.165) is 31.2 Å². The molecule has 3 rings (SSSR count). The molecule has 0 bridgehead atoms. The molecule has 5 heteroatoms. The van der Waals surface area contributed by atoms with E-state index in [4.69, 9.17) is 12.2 Å². The van der Waals surface area contributed by atoms with Gasteiger partial charge in [0.05, 0.1) is 6.54 Å². The first-order valence-corrected chi connectivity index (χ1v) is 10.1. The van der Waals surface area contributed by atoms with E-state index in [-0.39, 0.29) is 0 Å². The quantitative estimate of drug-likeness (QED) is 0.592. The fourth-order valence-electron chi connectivity index (χ4n) is 2.43. The smallest absolute Gasteiger partial charge is 0.169 e. The van der Waals surface area contributed by atoms with E-state index in [9.17, 15) is 0 Å². The minimum absolute atomic E-state index is 0.764. The third-order valence-corrected chi connectivity index (χ3v) is 5.91. The molecule has 3 aromatic rings. The van der Waals surface area contributed by atoms with Crippen LogP contribution in [0.4, 0.5) is 0 Å². The molecule has 24 heavy (non-hydrogen) atoms. The molecule has 1 aromatic carbocycles. The standard InChI is InChI=1S/C19H20N2S3/c22-19(20-14-16-6-2-1-3-7-16)21(15-18-9-5-13-24-18)11-10-17-8-4-12-23-17/h1-9,12-13H,10-11,14-15H2,(H,20,22). The summed E-state index contributed by atoms with van der Waals surface area (Å²) in [5.41, 5.74) is 1.24.